The molecule has 0 aliphatic carbocycles. The number of piperazine rings is 1. The third-order valence-electron chi connectivity index (χ3n) is 8.00. The van der Waals surface area contributed by atoms with E-state index in [2.05, 4.69) is 0 Å². The average Bonchev–Trinajstić information content (AvgIpc) is 2.99. The molecule has 1 aliphatic heterocycles. The van der Waals surface area contributed by atoms with Gasteiger partial charge >= 0.3 is 24.5 Å². The van der Waals surface area contributed by atoms with Crippen molar-refractivity contribution in [3.8, 4) is 0 Å². The van der Waals surface area contributed by atoms with E-state index < -0.39 is 59.6 Å². The van der Waals surface area contributed by atoms with Crippen LogP contribution in [0.3, 0.4) is 0 Å². The van der Waals surface area contributed by atoms with Crippen molar-refractivity contribution in [2.75, 3.05) is 26.7 Å². The first-order valence-electron chi connectivity index (χ1n) is 14.1. The van der Waals surface area contributed by atoms with Crippen LogP contribution in [-0.4, -0.2) is 53.5 Å². The van der Waals surface area contributed by atoms with Crippen LogP contribution in [0.2, 0.25) is 0 Å². The molecular weight excluding hydrogens is 607 g/mol. The fraction of sp³-hybridized carbons (Fsp3) is 0.375. The van der Waals surface area contributed by atoms with E-state index in [-0.39, 0.29) is 31.3 Å². The SMILES string of the molecule is Cc1cc(F)ccc1[C@H]1CN(C(=O)O[C@H](C)c2ccccc2)CCN1C(=O)N(C)[C@@H](C)c1cc(C(F)(F)F)cc(C(F)(F)F)c1. The molecule has 0 N–H and O–H groups in total. The highest BCUT2D eigenvalue weighted by Crippen LogP contribution is 2.39. The van der Waals surface area contributed by atoms with Crippen LogP contribution >= 0.6 is 0 Å². The predicted molar refractivity (Wildman–Crippen MR) is 152 cm³/mol. The van der Waals surface area contributed by atoms with Crippen LogP contribution in [0.4, 0.5) is 40.3 Å². The Hall–Kier alpha value is -4.29. The van der Waals surface area contributed by atoms with Gasteiger partial charge in [-0.1, -0.05) is 36.4 Å². The lowest BCUT2D eigenvalue weighted by atomic mass is 9.97. The summed E-state index contributed by atoms with van der Waals surface area (Å²) in [5.74, 6) is -0.520. The molecule has 3 aromatic rings. The number of benzene rings is 3. The van der Waals surface area contributed by atoms with Crippen molar-refractivity contribution >= 4 is 12.1 Å². The molecule has 0 spiro atoms. The Labute approximate surface area is 256 Å². The molecule has 242 valence electrons. The second-order valence-corrected chi connectivity index (χ2v) is 11.0. The molecule has 0 aromatic heterocycles. The number of nitrogens with zero attached hydrogens (tertiary/aromatic N) is 3. The van der Waals surface area contributed by atoms with Crippen molar-refractivity contribution in [2.24, 2.45) is 0 Å². The van der Waals surface area contributed by atoms with E-state index in [0.717, 1.165) is 10.5 Å². The standard InChI is InChI=1S/C32H32F7N3O3/c1-19-14-26(33)10-11-27(19)28-18-41(30(44)45-21(3)22-8-6-5-7-9-22)12-13-42(28)29(43)40(4)20(2)23-15-24(31(34,35)36)17-25(16-23)32(37,38)39/h5-11,14-17,20-21,28H,12-13,18H2,1-4H3/t20-,21+,28+/m0/s1. The highest BCUT2D eigenvalue weighted by atomic mass is 19.4. The molecule has 1 fully saturated rings. The van der Waals surface area contributed by atoms with Gasteiger partial charge in [0.1, 0.15) is 11.9 Å². The highest BCUT2D eigenvalue weighted by molar-refractivity contribution is 5.76. The Kier molecular flexibility index (Phi) is 9.69. The van der Waals surface area contributed by atoms with Gasteiger partial charge in [0.15, 0.2) is 0 Å². The van der Waals surface area contributed by atoms with E-state index in [9.17, 15) is 40.3 Å². The molecule has 1 heterocycles. The van der Waals surface area contributed by atoms with Crippen LogP contribution in [0.1, 0.15) is 65.4 Å². The number of amides is 3. The Bertz CT molecular complexity index is 1500. The zero-order chi connectivity index (χ0) is 33.3. The summed E-state index contributed by atoms with van der Waals surface area (Å²) < 4.78 is 101. The molecule has 3 atom stereocenters. The molecule has 0 radical (unpaired) electrons. The first-order chi connectivity index (χ1) is 21.0. The molecule has 6 nitrogen and oxygen atoms in total. The summed E-state index contributed by atoms with van der Waals surface area (Å²) in [4.78, 5) is 30.9. The van der Waals surface area contributed by atoms with E-state index in [0.29, 0.717) is 23.3 Å². The van der Waals surface area contributed by atoms with Gasteiger partial charge in [-0.15, -0.1) is 0 Å². The maximum absolute atomic E-state index is 14.0. The largest absolute Gasteiger partial charge is 0.442 e. The molecule has 45 heavy (non-hydrogen) atoms. The van der Waals surface area contributed by atoms with Crippen LogP contribution in [0.25, 0.3) is 0 Å². The minimum Gasteiger partial charge on any atom is -0.442 e. The fourth-order valence-corrected chi connectivity index (χ4v) is 5.29. The van der Waals surface area contributed by atoms with Gasteiger partial charge < -0.3 is 19.4 Å². The van der Waals surface area contributed by atoms with E-state index in [4.69, 9.17) is 4.74 Å². The highest BCUT2D eigenvalue weighted by Gasteiger charge is 2.40. The van der Waals surface area contributed by atoms with Crippen molar-refractivity contribution in [1.82, 2.24) is 14.7 Å². The number of hydrogen-bond acceptors (Lipinski definition) is 3. The average molecular weight is 640 g/mol. The normalized spacial score (nSPS) is 17.1. The Morgan fingerprint density at radius 3 is 2.02 bits per heavy atom. The molecule has 3 aromatic carbocycles. The molecule has 4 rings (SSSR count). The number of ether oxygens (including phenoxy) is 1. The van der Waals surface area contributed by atoms with Gasteiger partial charge in [0.2, 0.25) is 0 Å². The topological polar surface area (TPSA) is 53.1 Å². The van der Waals surface area contributed by atoms with Gasteiger partial charge in [-0.05, 0) is 73.4 Å². The van der Waals surface area contributed by atoms with Crippen LogP contribution in [0.5, 0.6) is 0 Å². The molecular formula is C32H32F7N3O3. The minimum atomic E-state index is -5.05. The van der Waals surface area contributed by atoms with Crippen molar-refractivity contribution in [3.05, 3.63) is 106 Å². The second-order valence-electron chi connectivity index (χ2n) is 11.0. The monoisotopic (exact) mass is 639 g/mol. The Balaban J connectivity index is 1.62. The maximum Gasteiger partial charge on any atom is 0.416 e. The van der Waals surface area contributed by atoms with Crippen molar-refractivity contribution in [1.29, 1.82) is 0 Å². The van der Waals surface area contributed by atoms with Crippen molar-refractivity contribution in [3.63, 3.8) is 0 Å². The number of carbonyl (C=O) groups excluding carboxylic acids is 2. The third-order valence-corrected chi connectivity index (χ3v) is 8.00. The van der Waals surface area contributed by atoms with Gasteiger partial charge in [0, 0.05) is 26.7 Å². The lowest BCUT2D eigenvalue weighted by Crippen LogP contribution is -2.55. The van der Waals surface area contributed by atoms with E-state index in [1.165, 1.54) is 42.0 Å². The van der Waals surface area contributed by atoms with Gasteiger partial charge in [-0.2, -0.15) is 26.3 Å². The fourth-order valence-electron chi connectivity index (χ4n) is 5.29. The van der Waals surface area contributed by atoms with Crippen LogP contribution in [-0.2, 0) is 17.1 Å². The Morgan fingerprint density at radius 1 is 0.867 bits per heavy atom. The van der Waals surface area contributed by atoms with Gasteiger partial charge in [-0.3, -0.25) is 0 Å². The summed E-state index contributed by atoms with van der Waals surface area (Å²) in [5, 5.41) is 0. The van der Waals surface area contributed by atoms with Crippen molar-refractivity contribution in [2.45, 2.75) is 51.3 Å². The van der Waals surface area contributed by atoms with Crippen LogP contribution in [0, 0.1) is 12.7 Å². The summed E-state index contributed by atoms with van der Waals surface area (Å²) in [7, 11) is 1.28. The van der Waals surface area contributed by atoms with Gasteiger partial charge in [-0.25, -0.2) is 14.0 Å². The molecule has 0 unspecified atom stereocenters. The number of aryl methyl sites for hydroxylation is 1. The summed E-state index contributed by atoms with van der Waals surface area (Å²) in [5.41, 5.74) is -1.58. The Morgan fingerprint density at radius 2 is 1.47 bits per heavy atom. The predicted octanol–water partition coefficient (Wildman–Crippen LogP) is 8.54. The van der Waals surface area contributed by atoms with Crippen LogP contribution in [0.15, 0.2) is 66.7 Å². The lowest BCUT2D eigenvalue weighted by molar-refractivity contribution is -0.143. The van der Waals surface area contributed by atoms with Crippen LogP contribution < -0.4 is 0 Å². The summed E-state index contributed by atoms with van der Waals surface area (Å²) >= 11 is 0. The molecule has 13 heteroatoms. The van der Waals surface area contributed by atoms with Crippen molar-refractivity contribution < 1.29 is 45.1 Å². The van der Waals surface area contributed by atoms with E-state index >= 15 is 0 Å². The third kappa shape index (κ3) is 7.69. The number of carbonyl (C=O) groups is 2. The quantitative estimate of drug-likeness (QED) is 0.263. The molecule has 0 saturated carbocycles. The summed E-state index contributed by atoms with van der Waals surface area (Å²) in [6, 6.07) is 11.5. The smallest absolute Gasteiger partial charge is 0.416 e. The molecule has 1 saturated heterocycles. The number of hydrogen-bond donors (Lipinski definition) is 0. The number of rotatable bonds is 5. The first-order valence-corrected chi connectivity index (χ1v) is 14.1. The molecule has 0 bridgehead atoms. The summed E-state index contributed by atoms with van der Waals surface area (Å²) in [6.45, 7) is 4.61. The van der Waals surface area contributed by atoms with E-state index in [1.54, 1.807) is 38.1 Å². The summed E-state index contributed by atoms with van der Waals surface area (Å²) in [6.07, 6.45) is -11.3. The van der Waals surface area contributed by atoms with E-state index in [1.807, 2.05) is 6.07 Å². The number of alkyl halides is 6. The zero-order valence-corrected chi connectivity index (χ0v) is 24.9. The van der Waals surface area contributed by atoms with Gasteiger partial charge in [0.25, 0.3) is 0 Å². The van der Waals surface area contributed by atoms with Gasteiger partial charge in [0.05, 0.1) is 23.2 Å². The number of urea groups is 1. The zero-order valence-electron chi connectivity index (χ0n) is 24.9. The maximum atomic E-state index is 14.0. The minimum absolute atomic E-state index is 0.0301. The number of halogens is 7. The molecule has 3 amide bonds. The first kappa shape index (κ1) is 33.6. The molecule has 1 aliphatic rings. The lowest BCUT2D eigenvalue weighted by Gasteiger charge is -2.44. The second kappa shape index (κ2) is 13.0.